The largest absolute Gasteiger partial charge is 0.385 e. The fourth-order valence-corrected chi connectivity index (χ4v) is 4.59. The van der Waals surface area contributed by atoms with Gasteiger partial charge in [0.1, 0.15) is 4.21 Å². The second-order valence-electron chi connectivity index (χ2n) is 4.77. The van der Waals surface area contributed by atoms with Gasteiger partial charge in [-0.05, 0) is 33.0 Å². The number of hydrogen-bond donors (Lipinski definition) is 2. The van der Waals surface area contributed by atoms with Crippen molar-refractivity contribution in [2.45, 2.75) is 23.1 Å². The lowest BCUT2D eigenvalue weighted by atomic mass is 10.1. The van der Waals surface area contributed by atoms with E-state index in [2.05, 4.69) is 9.62 Å². The summed E-state index contributed by atoms with van der Waals surface area (Å²) >= 11 is 0.714. The SMILES string of the molecule is CN1CCC(NS(=O)(=O)c2cc([N+](=O)[O-])c(N)s2)CC1. The molecule has 0 aliphatic carbocycles. The van der Waals surface area contributed by atoms with Crippen LogP contribution in [-0.2, 0) is 10.0 Å². The highest BCUT2D eigenvalue weighted by Crippen LogP contribution is 2.34. The van der Waals surface area contributed by atoms with E-state index in [1.165, 1.54) is 0 Å². The molecule has 10 heteroatoms. The van der Waals surface area contributed by atoms with Gasteiger partial charge in [0.25, 0.3) is 10.0 Å². The van der Waals surface area contributed by atoms with E-state index in [9.17, 15) is 18.5 Å². The van der Waals surface area contributed by atoms with Gasteiger partial charge in [-0.3, -0.25) is 10.1 Å². The molecule has 8 nitrogen and oxygen atoms in total. The van der Waals surface area contributed by atoms with Crippen LogP contribution in [-0.4, -0.2) is 44.4 Å². The van der Waals surface area contributed by atoms with Crippen LogP contribution in [0.15, 0.2) is 10.3 Å². The second-order valence-corrected chi connectivity index (χ2v) is 7.80. The number of nitrogens with zero attached hydrogens (tertiary/aromatic N) is 2. The molecule has 1 aliphatic heterocycles. The minimum absolute atomic E-state index is 0.0984. The Morgan fingerprint density at radius 3 is 2.60 bits per heavy atom. The van der Waals surface area contributed by atoms with Crippen LogP contribution in [0.3, 0.4) is 0 Å². The summed E-state index contributed by atoms with van der Waals surface area (Å²) in [6.07, 6.45) is 1.44. The van der Waals surface area contributed by atoms with Crippen LogP contribution < -0.4 is 10.5 Å². The molecule has 0 unspecified atom stereocenters. The van der Waals surface area contributed by atoms with E-state index >= 15 is 0 Å². The Morgan fingerprint density at radius 2 is 2.10 bits per heavy atom. The molecule has 1 fully saturated rings. The van der Waals surface area contributed by atoms with Gasteiger partial charge in [-0.15, -0.1) is 0 Å². The predicted octanol–water partition coefficient (Wildman–Crippen LogP) is 0.611. The van der Waals surface area contributed by atoms with E-state index in [-0.39, 0.29) is 20.9 Å². The van der Waals surface area contributed by atoms with Gasteiger partial charge in [0, 0.05) is 12.1 Å². The van der Waals surface area contributed by atoms with Crippen LogP contribution in [0.2, 0.25) is 0 Å². The zero-order valence-electron chi connectivity index (χ0n) is 10.9. The molecule has 0 amide bonds. The first-order chi connectivity index (χ1) is 9.29. The third kappa shape index (κ3) is 3.26. The molecule has 1 saturated heterocycles. The van der Waals surface area contributed by atoms with Crippen LogP contribution in [0.25, 0.3) is 0 Å². The number of nitrogens with two attached hydrogens (primary N) is 1. The number of nitrogens with one attached hydrogen (secondary N) is 1. The summed E-state index contributed by atoms with van der Waals surface area (Å²) in [5.74, 6) is 0. The molecule has 0 atom stereocenters. The molecular weight excluding hydrogens is 304 g/mol. The molecule has 1 aromatic heterocycles. The van der Waals surface area contributed by atoms with Crippen LogP contribution in [0.1, 0.15) is 12.8 Å². The molecule has 1 aromatic rings. The lowest BCUT2D eigenvalue weighted by molar-refractivity contribution is -0.383. The molecule has 1 aliphatic rings. The summed E-state index contributed by atoms with van der Waals surface area (Å²) < 4.78 is 26.8. The normalized spacial score (nSPS) is 18.2. The molecule has 0 aromatic carbocycles. The van der Waals surface area contributed by atoms with E-state index in [0.29, 0.717) is 11.3 Å². The molecule has 2 heterocycles. The van der Waals surface area contributed by atoms with Gasteiger partial charge in [0.15, 0.2) is 5.00 Å². The van der Waals surface area contributed by atoms with Gasteiger partial charge < -0.3 is 10.6 Å². The van der Waals surface area contributed by atoms with E-state index in [1.807, 2.05) is 7.05 Å². The van der Waals surface area contributed by atoms with Crippen molar-refractivity contribution in [2.24, 2.45) is 0 Å². The van der Waals surface area contributed by atoms with Gasteiger partial charge in [-0.1, -0.05) is 11.3 Å². The Balaban J connectivity index is 2.14. The zero-order chi connectivity index (χ0) is 14.9. The first-order valence-electron chi connectivity index (χ1n) is 6.04. The summed E-state index contributed by atoms with van der Waals surface area (Å²) in [5.41, 5.74) is 5.11. The topological polar surface area (TPSA) is 119 Å². The Hall–Kier alpha value is -1.23. The van der Waals surface area contributed by atoms with Crippen LogP contribution in [0.4, 0.5) is 10.7 Å². The molecule has 0 saturated carbocycles. The fourth-order valence-electron chi connectivity index (χ4n) is 2.05. The third-order valence-electron chi connectivity index (χ3n) is 3.22. The van der Waals surface area contributed by atoms with Gasteiger partial charge >= 0.3 is 5.69 Å². The summed E-state index contributed by atoms with van der Waals surface area (Å²) in [6.45, 7) is 1.64. The van der Waals surface area contributed by atoms with Crippen molar-refractivity contribution >= 4 is 32.0 Å². The Bertz CT molecular complexity index is 605. The number of sulfonamides is 1. The molecule has 3 N–H and O–H groups in total. The van der Waals surface area contributed by atoms with E-state index in [0.717, 1.165) is 32.0 Å². The quantitative estimate of drug-likeness (QED) is 0.620. The molecule has 0 bridgehead atoms. The standard InChI is InChI=1S/C10H16N4O4S2/c1-13-4-2-7(3-5-13)12-20(17,18)9-6-8(14(15)16)10(11)19-9/h6-7,12H,2-5,11H2,1H3. The lowest BCUT2D eigenvalue weighted by Gasteiger charge is -2.29. The monoisotopic (exact) mass is 320 g/mol. The fraction of sp³-hybridized carbons (Fsp3) is 0.600. The number of piperidine rings is 1. The van der Waals surface area contributed by atoms with Gasteiger partial charge in [0.05, 0.1) is 4.92 Å². The van der Waals surface area contributed by atoms with Crippen molar-refractivity contribution < 1.29 is 13.3 Å². The minimum Gasteiger partial charge on any atom is -0.385 e. The number of hydrogen-bond acceptors (Lipinski definition) is 7. The smallest absolute Gasteiger partial charge is 0.304 e. The average Bonchev–Trinajstić information content (AvgIpc) is 2.75. The van der Waals surface area contributed by atoms with Gasteiger partial charge in [-0.25, -0.2) is 13.1 Å². The number of thiophene rings is 1. The summed E-state index contributed by atoms with van der Waals surface area (Å²) in [6, 6.07) is 0.871. The molecule has 2 rings (SSSR count). The Labute approximate surface area is 120 Å². The molecular formula is C10H16N4O4S2. The number of rotatable bonds is 4. The average molecular weight is 320 g/mol. The summed E-state index contributed by atoms with van der Waals surface area (Å²) in [7, 11) is -1.77. The molecule has 20 heavy (non-hydrogen) atoms. The summed E-state index contributed by atoms with van der Waals surface area (Å²) in [5, 5.41) is 10.6. The highest BCUT2D eigenvalue weighted by Gasteiger charge is 2.28. The first-order valence-corrected chi connectivity index (χ1v) is 8.34. The molecule has 0 radical (unpaired) electrons. The maximum Gasteiger partial charge on any atom is 0.304 e. The van der Waals surface area contributed by atoms with Crippen molar-refractivity contribution in [3.8, 4) is 0 Å². The van der Waals surface area contributed by atoms with E-state index in [1.54, 1.807) is 0 Å². The van der Waals surface area contributed by atoms with Gasteiger partial charge in [0.2, 0.25) is 0 Å². The zero-order valence-corrected chi connectivity index (χ0v) is 12.5. The Kier molecular flexibility index (Phi) is 4.28. The van der Waals surface area contributed by atoms with E-state index in [4.69, 9.17) is 5.73 Å². The summed E-state index contributed by atoms with van der Waals surface area (Å²) in [4.78, 5) is 12.1. The number of nitro groups is 1. The van der Waals surface area contributed by atoms with Crippen LogP contribution in [0, 0.1) is 10.1 Å². The third-order valence-corrected chi connectivity index (χ3v) is 6.17. The maximum absolute atomic E-state index is 12.2. The Morgan fingerprint density at radius 1 is 1.50 bits per heavy atom. The van der Waals surface area contributed by atoms with Crippen molar-refractivity contribution in [2.75, 3.05) is 25.9 Å². The number of anilines is 1. The molecule has 112 valence electrons. The van der Waals surface area contributed by atoms with Crippen LogP contribution >= 0.6 is 11.3 Å². The van der Waals surface area contributed by atoms with Gasteiger partial charge in [-0.2, -0.15) is 0 Å². The predicted molar refractivity (Wildman–Crippen MR) is 76.2 cm³/mol. The lowest BCUT2D eigenvalue weighted by Crippen LogP contribution is -2.43. The highest BCUT2D eigenvalue weighted by molar-refractivity contribution is 7.91. The number of nitrogen functional groups attached to an aromatic ring is 1. The minimum atomic E-state index is -3.75. The first kappa shape index (κ1) is 15.2. The van der Waals surface area contributed by atoms with Crippen molar-refractivity contribution in [3.63, 3.8) is 0 Å². The highest BCUT2D eigenvalue weighted by atomic mass is 32.2. The van der Waals surface area contributed by atoms with E-state index < -0.39 is 14.9 Å². The maximum atomic E-state index is 12.2. The number of likely N-dealkylation sites (tertiary alicyclic amines) is 1. The van der Waals surface area contributed by atoms with Crippen molar-refractivity contribution in [1.29, 1.82) is 0 Å². The second kappa shape index (κ2) is 5.64. The van der Waals surface area contributed by atoms with Crippen molar-refractivity contribution in [1.82, 2.24) is 9.62 Å². The van der Waals surface area contributed by atoms with Crippen LogP contribution in [0.5, 0.6) is 0 Å². The van der Waals surface area contributed by atoms with Crippen molar-refractivity contribution in [3.05, 3.63) is 16.2 Å². The molecule has 0 spiro atoms.